The van der Waals surface area contributed by atoms with Crippen molar-refractivity contribution in [2.24, 2.45) is 63.6 Å². The Morgan fingerprint density at radius 1 is 0.808 bits per heavy atom. The molecule has 0 heteroatoms. The molecule has 0 aromatic heterocycles. The fourth-order valence-electron chi connectivity index (χ4n) is 10.6. The molecule has 0 heterocycles. The molecule has 7 aliphatic rings. The lowest BCUT2D eigenvalue weighted by Gasteiger charge is -2.58. The van der Waals surface area contributed by atoms with Gasteiger partial charge in [0.25, 0.3) is 0 Å². The Morgan fingerprint density at radius 3 is 2.15 bits per heavy atom. The smallest absolute Gasteiger partial charge is 0.0224 e. The van der Waals surface area contributed by atoms with Gasteiger partial charge in [0.15, 0.2) is 0 Å². The van der Waals surface area contributed by atoms with E-state index in [0.29, 0.717) is 16.2 Å². The standard InChI is InChI=1S/C26H41/c1-24(2)14-18-12-20(24)13-22(18)26-10-9-19(15-26)25(3,4)23(26)21-11-16-5-7-17(21)8-6-16/h9,16-23H,5-8,10-15H2,1-4H3. The molecule has 0 spiro atoms. The lowest BCUT2D eigenvalue weighted by atomic mass is 9.47. The number of fused-ring (bicyclic) bond motifs is 7. The molecule has 0 amide bonds. The van der Waals surface area contributed by atoms with Crippen LogP contribution in [0.2, 0.25) is 0 Å². The predicted molar refractivity (Wildman–Crippen MR) is 108 cm³/mol. The SMILES string of the molecule is CC1(C)CC2CC1CC2C12C[CH]C(C1)C(C)(C)C2C1CC2CCC1CC2. The molecule has 6 bridgehead atoms. The van der Waals surface area contributed by atoms with Gasteiger partial charge in [-0.3, -0.25) is 0 Å². The third-order valence-electron chi connectivity index (χ3n) is 11.6. The molecule has 7 atom stereocenters. The minimum absolute atomic E-state index is 0.581. The molecule has 7 rings (SSSR count). The maximum atomic E-state index is 2.81. The summed E-state index contributed by atoms with van der Waals surface area (Å²) in [5.41, 5.74) is 1.94. The van der Waals surface area contributed by atoms with Crippen LogP contribution in [0.1, 0.15) is 91.9 Å². The molecule has 1 radical (unpaired) electrons. The van der Waals surface area contributed by atoms with Gasteiger partial charge in [0.05, 0.1) is 0 Å². The summed E-state index contributed by atoms with van der Waals surface area (Å²) in [5, 5.41) is 0. The highest BCUT2D eigenvalue weighted by Gasteiger charge is 2.69. The number of rotatable bonds is 2. The lowest BCUT2D eigenvalue weighted by molar-refractivity contribution is -0.0821. The van der Waals surface area contributed by atoms with Gasteiger partial charge in [0, 0.05) is 0 Å². The van der Waals surface area contributed by atoms with Crippen molar-refractivity contribution in [3.63, 3.8) is 0 Å². The van der Waals surface area contributed by atoms with E-state index in [2.05, 4.69) is 34.1 Å². The Balaban J connectivity index is 1.37. The second-order valence-corrected chi connectivity index (χ2v) is 13.2. The number of hydrogen-bond donors (Lipinski definition) is 0. The van der Waals surface area contributed by atoms with E-state index in [0.717, 1.165) is 47.3 Å². The van der Waals surface area contributed by atoms with Crippen LogP contribution in [0.4, 0.5) is 0 Å². The molecule has 7 fully saturated rings. The van der Waals surface area contributed by atoms with Gasteiger partial charge < -0.3 is 0 Å². The van der Waals surface area contributed by atoms with Crippen LogP contribution in [0.3, 0.4) is 0 Å². The summed E-state index contributed by atoms with van der Waals surface area (Å²) >= 11 is 0. The van der Waals surface area contributed by atoms with E-state index in [1.165, 1.54) is 6.42 Å². The van der Waals surface area contributed by atoms with Gasteiger partial charge in [0.2, 0.25) is 0 Å². The zero-order valence-electron chi connectivity index (χ0n) is 17.8. The zero-order valence-corrected chi connectivity index (χ0v) is 17.8. The second-order valence-electron chi connectivity index (χ2n) is 13.2. The molecule has 0 aromatic carbocycles. The van der Waals surface area contributed by atoms with Gasteiger partial charge >= 0.3 is 0 Å². The second kappa shape index (κ2) is 5.13. The minimum atomic E-state index is 0.581. The van der Waals surface area contributed by atoms with Crippen molar-refractivity contribution in [1.29, 1.82) is 0 Å². The highest BCUT2D eigenvalue weighted by molar-refractivity contribution is 5.22. The Kier molecular flexibility index (Phi) is 3.33. The van der Waals surface area contributed by atoms with Crippen LogP contribution in [-0.2, 0) is 0 Å². The van der Waals surface area contributed by atoms with Gasteiger partial charge in [-0.1, -0.05) is 40.5 Å². The molecule has 0 aliphatic heterocycles. The molecule has 7 saturated carbocycles. The Morgan fingerprint density at radius 2 is 1.58 bits per heavy atom. The van der Waals surface area contributed by atoms with E-state index in [-0.39, 0.29) is 0 Å². The highest BCUT2D eigenvalue weighted by atomic mass is 14.7. The van der Waals surface area contributed by atoms with Crippen molar-refractivity contribution in [2.75, 3.05) is 0 Å². The third-order valence-corrected chi connectivity index (χ3v) is 11.6. The summed E-state index contributed by atoms with van der Waals surface area (Å²) < 4.78 is 0. The zero-order chi connectivity index (χ0) is 17.9. The van der Waals surface area contributed by atoms with Crippen LogP contribution in [0.5, 0.6) is 0 Å². The Bertz CT molecular complexity index is 591. The average Bonchev–Trinajstić information content (AvgIpc) is 3.31. The van der Waals surface area contributed by atoms with E-state index < -0.39 is 0 Å². The van der Waals surface area contributed by atoms with E-state index in [1.807, 2.05) is 0 Å². The number of hydrogen-bond acceptors (Lipinski definition) is 0. The molecule has 7 unspecified atom stereocenters. The monoisotopic (exact) mass is 353 g/mol. The largest absolute Gasteiger partial charge is 0.0596 e. The quantitative estimate of drug-likeness (QED) is 0.495. The van der Waals surface area contributed by atoms with E-state index in [1.54, 1.807) is 57.8 Å². The Hall–Kier alpha value is 0. The van der Waals surface area contributed by atoms with Crippen LogP contribution in [0.25, 0.3) is 0 Å². The van der Waals surface area contributed by atoms with Gasteiger partial charge in [-0.25, -0.2) is 0 Å². The van der Waals surface area contributed by atoms with Gasteiger partial charge in [-0.2, -0.15) is 0 Å². The minimum Gasteiger partial charge on any atom is -0.0596 e. The summed E-state index contributed by atoms with van der Waals surface area (Å²) in [6.45, 7) is 10.5. The first-order valence-electron chi connectivity index (χ1n) is 12.1. The molecule has 0 saturated heterocycles. The molecular weight excluding hydrogens is 312 g/mol. The van der Waals surface area contributed by atoms with Crippen molar-refractivity contribution in [1.82, 2.24) is 0 Å². The first kappa shape index (κ1) is 16.9. The van der Waals surface area contributed by atoms with Crippen LogP contribution < -0.4 is 0 Å². The van der Waals surface area contributed by atoms with Crippen molar-refractivity contribution < 1.29 is 0 Å². The lowest BCUT2D eigenvalue weighted by Crippen LogP contribution is -2.51. The molecular formula is C26H41. The summed E-state index contributed by atoms with van der Waals surface area (Å²) in [7, 11) is 0. The van der Waals surface area contributed by atoms with Crippen molar-refractivity contribution in [3.05, 3.63) is 6.42 Å². The highest BCUT2D eigenvalue weighted by Crippen LogP contribution is 2.77. The van der Waals surface area contributed by atoms with Crippen molar-refractivity contribution >= 4 is 0 Å². The fourth-order valence-corrected chi connectivity index (χ4v) is 10.6. The van der Waals surface area contributed by atoms with E-state index >= 15 is 0 Å². The van der Waals surface area contributed by atoms with Crippen LogP contribution in [-0.4, -0.2) is 0 Å². The summed E-state index contributed by atoms with van der Waals surface area (Å²) in [6.07, 6.45) is 18.5. The van der Waals surface area contributed by atoms with Crippen molar-refractivity contribution in [2.45, 2.75) is 91.9 Å². The van der Waals surface area contributed by atoms with E-state index in [9.17, 15) is 0 Å². The van der Waals surface area contributed by atoms with Gasteiger partial charge in [0.1, 0.15) is 0 Å². The topological polar surface area (TPSA) is 0 Å². The maximum Gasteiger partial charge on any atom is -0.0224 e. The molecule has 26 heavy (non-hydrogen) atoms. The normalized spacial score (nSPS) is 58.6. The van der Waals surface area contributed by atoms with E-state index in [4.69, 9.17) is 0 Å². The molecule has 0 nitrogen and oxygen atoms in total. The van der Waals surface area contributed by atoms with Crippen molar-refractivity contribution in [3.8, 4) is 0 Å². The van der Waals surface area contributed by atoms with Crippen LogP contribution in [0.15, 0.2) is 0 Å². The predicted octanol–water partition coefficient (Wildman–Crippen LogP) is 7.14. The fraction of sp³-hybridized carbons (Fsp3) is 0.962. The molecule has 145 valence electrons. The summed E-state index contributed by atoms with van der Waals surface area (Å²) in [6, 6.07) is 0. The third kappa shape index (κ3) is 1.98. The molecule has 7 aliphatic carbocycles. The van der Waals surface area contributed by atoms with Gasteiger partial charge in [-0.05, 0) is 121 Å². The maximum absolute atomic E-state index is 2.81. The van der Waals surface area contributed by atoms with Gasteiger partial charge in [-0.15, -0.1) is 0 Å². The first-order chi connectivity index (χ1) is 12.3. The van der Waals surface area contributed by atoms with Crippen LogP contribution in [0, 0.1) is 70.0 Å². The first-order valence-corrected chi connectivity index (χ1v) is 12.1. The molecule has 0 aromatic rings. The summed E-state index contributed by atoms with van der Waals surface area (Å²) in [4.78, 5) is 0. The Labute approximate surface area is 162 Å². The average molecular weight is 354 g/mol. The van der Waals surface area contributed by atoms with Crippen LogP contribution >= 0.6 is 0 Å². The summed E-state index contributed by atoms with van der Waals surface area (Å²) in [5.74, 6) is 8.44. The molecule has 0 N–H and O–H groups in total.